The van der Waals surface area contributed by atoms with Crippen LogP contribution in [0.3, 0.4) is 0 Å². The molecule has 0 aliphatic carbocycles. The zero-order chi connectivity index (χ0) is 33.2. The number of anilines is 1. The average Bonchev–Trinajstić information content (AvgIpc) is 3.65. The lowest BCUT2D eigenvalue weighted by atomic mass is 9.96. The van der Waals surface area contributed by atoms with Crippen molar-refractivity contribution in [3.8, 4) is 11.3 Å². The summed E-state index contributed by atoms with van der Waals surface area (Å²) in [5.74, 6) is -1.26. The summed E-state index contributed by atoms with van der Waals surface area (Å²) >= 11 is 12.2. The molecule has 2 saturated heterocycles. The van der Waals surface area contributed by atoms with E-state index in [4.69, 9.17) is 23.2 Å². The fraction of sp³-hybridized carbons (Fsp3) is 0.483. The number of aromatic nitrogens is 4. The Labute approximate surface area is 272 Å². The molecule has 0 saturated carbocycles. The van der Waals surface area contributed by atoms with E-state index in [0.29, 0.717) is 26.2 Å². The lowest BCUT2D eigenvalue weighted by molar-refractivity contribution is -0.141. The molecule has 4 heterocycles. The Balaban J connectivity index is 1.25. The molecule has 0 spiro atoms. The summed E-state index contributed by atoms with van der Waals surface area (Å²) in [6.45, 7) is 2.73. The van der Waals surface area contributed by atoms with E-state index >= 15 is 0 Å². The maximum Gasteiger partial charge on any atom is 0.435 e. The Kier molecular flexibility index (Phi) is 10.2. The first-order chi connectivity index (χ1) is 21.9. The van der Waals surface area contributed by atoms with E-state index in [1.165, 1.54) is 29.8 Å². The first-order valence-electron chi connectivity index (χ1n) is 14.7. The number of aliphatic hydroxyl groups is 1. The van der Waals surface area contributed by atoms with Crippen molar-refractivity contribution in [1.82, 2.24) is 34.4 Å². The van der Waals surface area contributed by atoms with E-state index in [1.807, 2.05) is 4.90 Å². The van der Waals surface area contributed by atoms with Crippen LogP contribution in [0.25, 0.3) is 11.3 Å². The maximum absolute atomic E-state index is 13.8. The zero-order valence-electron chi connectivity index (χ0n) is 24.9. The van der Waals surface area contributed by atoms with E-state index < -0.39 is 30.4 Å². The number of piperidine rings is 1. The van der Waals surface area contributed by atoms with E-state index in [-0.39, 0.29) is 57.0 Å². The highest BCUT2D eigenvalue weighted by Crippen LogP contribution is 2.37. The number of halogens is 5. The molecule has 248 valence electrons. The van der Waals surface area contributed by atoms with E-state index in [0.717, 1.165) is 43.0 Å². The lowest BCUT2D eigenvalue weighted by Gasteiger charge is -2.37. The molecule has 46 heavy (non-hydrogen) atoms. The van der Waals surface area contributed by atoms with Crippen LogP contribution in [0.5, 0.6) is 0 Å². The Bertz CT molecular complexity index is 1590. The second-order valence-corrected chi connectivity index (χ2v) is 11.9. The molecule has 0 bridgehead atoms. The fourth-order valence-electron chi connectivity index (χ4n) is 5.63. The van der Waals surface area contributed by atoms with Crippen molar-refractivity contribution in [2.24, 2.45) is 13.0 Å². The van der Waals surface area contributed by atoms with Gasteiger partial charge in [0.1, 0.15) is 0 Å². The molecule has 17 heteroatoms. The molecule has 0 radical (unpaired) electrons. The first-order valence-corrected chi connectivity index (χ1v) is 15.6. The predicted octanol–water partition coefficient (Wildman–Crippen LogP) is 3.26. The number of alkyl halides is 4. The Morgan fingerprint density at radius 2 is 1.80 bits per heavy atom. The average molecular weight is 686 g/mol. The lowest BCUT2D eigenvalue weighted by Crippen LogP contribution is -2.52. The molecular weight excluding hydrogens is 652 g/mol. The number of nitrogens with zero attached hydrogens (tertiary/aromatic N) is 6. The standard InChI is InChI=1S/C29H33Cl2F3N8O4/c1-39-23(21-15-42(19(13-30)16-43)38-24(21)29(32,33)34)14-36-25(39)26(44)37-18-2-3-20(22(31)12-18)28(46)41-10-8-40(9-11-41)27(45)17-4-6-35-7-5-17/h2-3,12,14-15,17,19,35,43H,4-11,13,16H2,1H3,(H,37,44). The molecule has 1 unspecified atom stereocenters. The van der Waals surface area contributed by atoms with Crippen LogP contribution in [-0.2, 0) is 18.0 Å². The molecule has 12 nitrogen and oxygen atoms in total. The van der Waals surface area contributed by atoms with Crippen molar-refractivity contribution < 1.29 is 32.7 Å². The van der Waals surface area contributed by atoms with Crippen LogP contribution >= 0.6 is 23.2 Å². The van der Waals surface area contributed by atoms with Gasteiger partial charge in [0.15, 0.2) is 11.5 Å². The van der Waals surface area contributed by atoms with Crippen molar-refractivity contribution in [2.45, 2.75) is 25.1 Å². The van der Waals surface area contributed by atoms with Crippen LogP contribution in [0.4, 0.5) is 18.9 Å². The SMILES string of the molecule is Cn1c(-c2cn(C(CO)CCl)nc2C(F)(F)F)cnc1C(=O)Nc1ccc(C(=O)N2CCN(C(=O)C3CCNCC3)CC2)c(Cl)c1. The summed E-state index contributed by atoms with van der Waals surface area (Å²) < 4.78 is 43.6. The van der Waals surface area contributed by atoms with Gasteiger partial charge in [0.25, 0.3) is 11.8 Å². The number of carbonyl (C=O) groups is 3. The number of aliphatic hydroxyl groups excluding tert-OH is 1. The van der Waals surface area contributed by atoms with Gasteiger partial charge in [-0.25, -0.2) is 4.98 Å². The molecule has 2 aliphatic rings. The van der Waals surface area contributed by atoms with Crippen molar-refractivity contribution in [3.05, 3.63) is 52.7 Å². The fourth-order valence-corrected chi connectivity index (χ4v) is 6.13. The van der Waals surface area contributed by atoms with Crippen LogP contribution in [0.15, 0.2) is 30.6 Å². The molecule has 1 aromatic carbocycles. The van der Waals surface area contributed by atoms with Crippen LogP contribution in [0.2, 0.25) is 5.02 Å². The quantitative estimate of drug-likeness (QED) is 0.310. The predicted molar refractivity (Wildman–Crippen MR) is 164 cm³/mol. The van der Waals surface area contributed by atoms with Gasteiger partial charge in [-0.2, -0.15) is 18.3 Å². The van der Waals surface area contributed by atoms with Crippen LogP contribution < -0.4 is 10.6 Å². The Morgan fingerprint density at radius 3 is 2.41 bits per heavy atom. The molecule has 2 aliphatic heterocycles. The van der Waals surface area contributed by atoms with Crippen LogP contribution in [-0.4, -0.2) is 104 Å². The monoisotopic (exact) mass is 684 g/mol. The van der Waals surface area contributed by atoms with Crippen molar-refractivity contribution >= 4 is 46.6 Å². The number of rotatable bonds is 8. The number of hydrogen-bond acceptors (Lipinski definition) is 7. The summed E-state index contributed by atoms with van der Waals surface area (Å²) in [4.78, 5) is 46.7. The highest BCUT2D eigenvalue weighted by molar-refractivity contribution is 6.34. The van der Waals surface area contributed by atoms with Gasteiger partial charge in [0, 0.05) is 56.9 Å². The van der Waals surface area contributed by atoms with Gasteiger partial charge < -0.3 is 30.1 Å². The third kappa shape index (κ3) is 7.01. The summed E-state index contributed by atoms with van der Waals surface area (Å²) in [5.41, 5.74) is -1.12. The molecule has 3 amide bonds. The third-order valence-corrected chi connectivity index (χ3v) is 8.92. The summed E-state index contributed by atoms with van der Waals surface area (Å²) in [6.07, 6.45) is -0.985. The van der Waals surface area contributed by atoms with Gasteiger partial charge in [-0.1, -0.05) is 11.6 Å². The molecule has 5 rings (SSSR count). The van der Waals surface area contributed by atoms with E-state index in [1.54, 1.807) is 4.90 Å². The number of benzene rings is 1. The minimum Gasteiger partial charge on any atom is -0.394 e. The minimum atomic E-state index is -4.83. The van der Waals surface area contributed by atoms with E-state index in [9.17, 15) is 32.7 Å². The number of hydrogen-bond donors (Lipinski definition) is 3. The van der Waals surface area contributed by atoms with Crippen LogP contribution in [0.1, 0.15) is 45.6 Å². The van der Waals surface area contributed by atoms with E-state index in [2.05, 4.69) is 20.7 Å². The summed E-state index contributed by atoms with van der Waals surface area (Å²) in [7, 11) is 1.38. The molecule has 3 N–H and O–H groups in total. The second kappa shape index (κ2) is 14.0. The minimum absolute atomic E-state index is 0.00938. The second-order valence-electron chi connectivity index (χ2n) is 11.2. The third-order valence-electron chi connectivity index (χ3n) is 8.25. The molecule has 2 fully saturated rings. The van der Waals surface area contributed by atoms with Crippen molar-refractivity contribution in [2.75, 3.05) is 57.1 Å². The molecule has 2 aromatic heterocycles. The number of piperazine rings is 1. The van der Waals surface area contributed by atoms with Gasteiger partial charge >= 0.3 is 6.18 Å². The van der Waals surface area contributed by atoms with Gasteiger partial charge in [-0.15, -0.1) is 11.6 Å². The Hall–Kier alpha value is -3.66. The number of carbonyl (C=O) groups excluding carboxylic acids is 3. The summed E-state index contributed by atoms with van der Waals surface area (Å²) in [6, 6.07) is 3.49. The van der Waals surface area contributed by atoms with Gasteiger partial charge in [0.2, 0.25) is 5.91 Å². The van der Waals surface area contributed by atoms with Gasteiger partial charge in [-0.05, 0) is 44.1 Å². The smallest absolute Gasteiger partial charge is 0.394 e. The largest absolute Gasteiger partial charge is 0.435 e. The molecule has 1 atom stereocenters. The molecule has 3 aromatic rings. The summed E-state index contributed by atoms with van der Waals surface area (Å²) in [5, 5.41) is 19.0. The number of nitrogens with one attached hydrogen (secondary N) is 2. The number of imidazole rings is 1. The topological polar surface area (TPSA) is 138 Å². The Morgan fingerprint density at radius 1 is 1.13 bits per heavy atom. The molecular formula is C29H33Cl2F3N8O4. The van der Waals surface area contributed by atoms with Crippen LogP contribution in [0, 0.1) is 5.92 Å². The maximum atomic E-state index is 13.8. The number of amides is 3. The highest BCUT2D eigenvalue weighted by atomic mass is 35.5. The first kappa shape index (κ1) is 33.7. The normalized spacial score (nSPS) is 16.8. The highest BCUT2D eigenvalue weighted by Gasteiger charge is 2.39. The van der Waals surface area contributed by atoms with Gasteiger partial charge in [-0.3, -0.25) is 19.1 Å². The zero-order valence-corrected chi connectivity index (χ0v) is 26.4. The van der Waals surface area contributed by atoms with Crippen molar-refractivity contribution in [3.63, 3.8) is 0 Å². The van der Waals surface area contributed by atoms with Gasteiger partial charge in [0.05, 0.1) is 40.7 Å². The van der Waals surface area contributed by atoms with Crippen molar-refractivity contribution in [1.29, 1.82) is 0 Å².